The van der Waals surface area contributed by atoms with E-state index in [1.165, 1.54) is 24.3 Å². The summed E-state index contributed by atoms with van der Waals surface area (Å²) in [6.45, 7) is 0. The van der Waals surface area contributed by atoms with Crippen LogP contribution in [0.2, 0.25) is 5.02 Å². The molecule has 0 aliphatic heterocycles. The van der Waals surface area contributed by atoms with Gasteiger partial charge in [0.05, 0.1) is 5.02 Å². The quantitative estimate of drug-likeness (QED) is 0.644. The number of fused-ring (bicyclic) bond motifs is 1. The summed E-state index contributed by atoms with van der Waals surface area (Å²) in [6.07, 6.45) is 1.94. The molecule has 2 aromatic carbocycles. The molecule has 1 atom stereocenters. The molecule has 0 aromatic heterocycles. The van der Waals surface area contributed by atoms with E-state index < -0.39 is 33.8 Å². The van der Waals surface area contributed by atoms with Crippen molar-refractivity contribution in [3.8, 4) is 0 Å². The van der Waals surface area contributed by atoms with Crippen molar-refractivity contribution < 1.29 is 22.0 Å². The molecule has 3 N–H and O–H groups in total. The van der Waals surface area contributed by atoms with Crippen LogP contribution < -0.4 is 14.8 Å². The Balaban J connectivity index is 1.53. The van der Waals surface area contributed by atoms with Crippen LogP contribution in [0.5, 0.6) is 0 Å². The second kappa shape index (κ2) is 7.64. The highest BCUT2D eigenvalue weighted by Crippen LogP contribution is 2.30. The number of benzene rings is 2. The SMILES string of the molecule is O=C(Nc1ccc(F)c(Cl)c1)c1ccc(F)c2c1CC(NS(=O)(=O)NC1CC1)C2. The minimum Gasteiger partial charge on any atom is -0.322 e. The van der Waals surface area contributed by atoms with Crippen LogP contribution in [0.3, 0.4) is 0 Å². The highest BCUT2D eigenvalue weighted by atomic mass is 35.5. The lowest BCUT2D eigenvalue weighted by atomic mass is 10.0. The highest BCUT2D eigenvalue weighted by Gasteiger charge is 2.33. The predicted molar refractivity (Wildman–Crippen MR) is 105 cm³/mol. The second-order valence-electron chi connectivity index (χ2n) is 7.25. The Bertz CT molecular complexity index is 1090. The van der Waals surface area contributed by atoms with Gasteiger partial charge in [0.2, 0.25) is 0 Å². The zero-order valence-electron chi connectivity index (χ0n) is 15.1. The van der Waals surface area contributed by atoms with Crippen molar-refractivity contribution in [3.05, 3.63) is 63.7 Å². The van der Waals surface area contributed by atoms with Gasteiger partial charge in [0.1, 0.15) is 11.6 Å². The minimum atomic E-state index is -3.70. The summed E-state index contributed by atoms with van der Waals surface area (Å²) in [7, 11) is -3.70. The summed E-state index contributed by atoms with van der Waals surface area (Å²) in [5.74, 6) is -1.61. The molecular formula is C19H18ClF2N3O3S. The number of hydrogen-bond acceptors (Lipinski definition) is 3. The Morgan fingerprint density at radius 3 is 2.31 bits per heavy atom. The number of nitrogens with one attached hydrogen (secondary N) is 3. The molecule has 10 heteroatoms. The molecule has 1 fully saturated rings. The molecule has 29 heavy (non-hydrogen) atoms. The first-order chi connectivity index (χ1) is 13.7. The molecule has 0 bridgehead atoms. The van der Waals surface area contributed by atoms with E-state index in [4.69, 9.17) is 11.6 Å². The Morgan fingerprint density at radius 2 is 1.62 bits per heavy atom. The van der Waals surface area contributed by atoms with Gasteiger partial charge in [-0.1, -0.05) is 11.6 Å². The Kier molecular flexibility index (Phi) is 5.32. The monoisotopic (exact) mass is 441 g/mol. The molecular weight excluding hydrogens is 424 g/mol. The van der Waals surface area contributed by atoms with Gasteiger partial charge in [0, 0.05) is 23.3 Å². The standard InChI is InChI=1S/C19H18ClF2N3O3S/c20-16-9-11(3-5-18(16)22)23-19(26)13-4-6-17(21)15-8-12(7-14(13)15)25-29(27,28)24-10-1-2-10/h3-6,9-10,12,24-25H,1-2,7-8H2,(H,23,26). The van der Waals surface area contributed by atoms with Gasteiger partial charge in [-0.15, -0.1) is 0 Å². The van der Waals surface area contributed by atoms with E-state index in [1.54, 1.807) is 0 Å². The highest BCUT2D eigenvalue weighted by molar-refractivity contribution is 7.87. The normalized spacial score (nSPS) is 18.5. The van der Waals surface area contributed by atoms with Gasteiger partial charge >= 0.3 is 0 Å². The molecule has 4 rings (SSSR count). The molecule has 0 spiro atoms. The maximum Gasteiger partial charge on any atom is 0.277 e. The van der Waals surface area contributed by atoms with E-state index in [0.29, 0.717) is 16.8 Å². The van der Waals surface area contributed by atoms with Crippen LogP contribution in [0, 0.1) is 11.6 Å². The van der Waals surface area contributed by atoms with E-state index in [1.807, 2.05) is 0 Å². The third-order valence-corrected chi connectivity index (χ3v) is 6.50. The van der Waals surface area contributed by atoms with Crippen molar-refractivity contribution in [2.75, 3.05) is 5.32 Å². The number of hydrogen-bond donors (Lipinski definition) is 3. The molecule has 0 heterocycles. The zero-order valence-corrected chi connectivity index (χ0v) is 16.7. The van der Waals surface area contributed by atoms with Crippen molar-refractivity contribution >= 4 is 33.4 Å². The van der Waals surface area contributed by atoms with Crippen LogP contribution in [0.25, 0.3) is 0 Å². The number of amides is 1. The third kappa shape index (κ3) is 4.58. The summed E-state index contributed by atoms with van der Waals surface area (Å²) in [6, 6.07) is 5.72. The van der Waals surface area contributed by atoms with Crippen molar-refractivity contribution in [2.45, 2.75) is 37.8 Å². The second-order valence-corrected chi connectivity index (χ2v) is 9.14. The van der Waals surface area contributed by atoms with Gasteiger partial charge in [0.25, 0.3) is 16.1 Å². The largest absolute Gasteiger partial charge is 0.322 e. The average molecular weight is 442 g/mol. The first kappa shape index (κ1) is 20.2. The molecule has 1 amide bonds. The summed E-state index contributed by atoms with van der Waals surface area (Å²) in [5.41, 5.74) is 1.30. The fourth-order valence-electron chi connectivity index (χ4n) is 3.43. The lowest BCUT2D eigenvalue weighted by Crippen LogP contribution is -2.44. The van der Waals surface area contributed by atoms with Crippen molar-refractivity contribution in [3.63, 3.8) is 0 Å². The Morgan fingerprint density at radius 1 is 0.966 bits per heavy atom. The molecule has 6 nitrogen and oxygen atoms in total. The van der Waals surface area contributed by atoms with Gasteiger partial charge in [0.15, 0.2) is 0 Å². The lowest BCUT2D eigenvalue weighted by Gasteiger charge is -2.13. The van der Waals surface area contributed by atoms with Crippen molar-refractivity contribution in [2.24, 2.45) is 0 Å². The maximum atomic E-state index is 14.3. The number of halogens is 3. The van der Waals surface area contributed by atoms with Gasteiger partial charge in [-0.05, 0) is 67.1 Å². The first-order valence-corrected chi connectivity index (χ1v) is 10.9. The van der Waals surface area contributed by atoms with Gasteiger partial charge in [-0.2, -0.15) is 17.9 Å². The molecule has 1 saturated carbocycles. The molecule has 2 aliphatic rings. The topological polar surface area (TPSA) is 87.3 Å². The molecule has 2 aliphatic carbocycles. The van der Waals surface area contributed by atoms with E-state index in [-0.39, 0.29) is 29.5 Å². The smallest absolute Gasteiger partial charge is 0.277 e. The van der Waals surface area contributed by atoms with Crippen LogP contribution in [0.15, 0.2) is 30.3 Å². The summed E-state index contributed by atoms with van der Waals surface area (Å²) in [4.78, 5) is 12.7. The molecule has 2 aromatic rings. The van der Waals surface area contributed by atoms with Gasteiger partial charge in [-0.3, -0.25) is 4.79 Å². The van der Waals surface area contributed by atoms with E-state index in [9.17, 15) is 22.0 Å². The van der Waals surface area contributed by atoms with E-state index in [2.05, 4.69) is 14.8 Å². The first-order valence-electron chi connectivity index (χ1n) is 9.08. The Labute approximate surface area is 171 Å². The van der Waals surface area contributed by atoms with E-state index in [0.717, 1.165) is 18.9 Å². The van der Waals surface area contributed by atoms with Crippen LogP contribution in [-0.4, -0.2) is 26.4 Å². The molecule has 154 valence electrons. The predicted octanol–water partition coefficient (Wildman–Crippen LogP) is 2.92. The van der Waals surface area contributed by atoms with E-state index >= 15 is 0 Å². The summed E-state index contributed by atoms with van der Waals surface area (Å²) < 4.78 is 57.0. The average Bonchev–Trinajstić information content (AvgIpc) is 3.33. The molecule has 0 saturated heterocycles. The van der Waals surface area contributed by atoms with Crippen LogP contribution in [-0.2, 0) is 23.1 Å². The fourth-order valence-corrected chi connectivity index (χ4v) is 4.95. The van der Waals surface area contributed by atoms with Crippen molar-refractivity contribution in [1.29, 1.82) is 0 Å². The number of carbonyl (C=O) groups excluding carboxylic acids is 1. The molecule has 0 radical (unpaired) electrons. The Hall–Kier alpha value is -2.07. The van der Waals surface area contributed by atoms with Crippen molar-refractivity contribution in [1.82, 2.24) is 9.44 Å². The number of carbonyl (C=O) groups is 1. The fraction of sp³-hybridized carbons (Fsp3) is 0.316. The minimum absolute atomic E-state index is 0.0445. The van der Waals surface area contributed by atoms with Gasteiger partial charge < -0.3 is 5.32 Å². The third-order valence-electron chi connectivity index (χ3n) is 4.92. The number of rotatable bonds is 6. The zero-order chi connectivity index (χ0) is 20.8. The van der Waals surface area contributed by atoms with Crippen LogP contribution >= 0.6 is 11.6 Å². The van der Waals surface area contributed by atoms with Crippen LogP contribution in [0.1, 0.15) is 34.3 Å². The number of anilines is 1. The summed E-state index contributed by atoms with van der Waals surface area (Å²) in [5, 5.41) is 2.47. The lowest BCUT2D eigenvalue weighted by molar-refractivity contribution is 0.102. The maximum absolute atomic E-state index is 14.3. The molecule has 1 unspecified atom stereocenters. The van der Waals surface area contributed by atoms with Gasteiger partial charge in [-0.25, -0.2) is 8.78 Å². The van der Waals surface area contributed by atoms with Crippen LogP contribution in [0.4, 0.5) is 14.5 Å². The summed E-state index contributed by atoms with van der Waals surface area (Å²) >= 11 is 5.73.